The predicted octanol–water partition coefficient (Wildman–Crippen LogP) is 4.01. The van der Waals surface area contributed by atoms with E-state index in [0.29, 0.717) is 36.1 Å². The van der Waals surface area contributed by atoms with Gasteiger partial charge in [0.1, 0.15) is 5.78 Å². The van der Waals surface area contributed by atoms with Crippen molar-refractivity contribution >= 4 is 28.8 Å². The second-order valence-electron chi connectivity index (χ2n) is 7.44. The highest BCUT2D eigenvalue weighted by Crippen LogP contribution is 2.39. The molecule has 2 aromatic rings. The highest BCUT2D eigenvalue weighted by molar-refractivity contribution is 6.07. The second kappa shape index (κ2) is 8.40. The van der Waals surface area contributed by atoms with Crippen molar-refractivity contribution in [2.75, 3.05) is 4.90 Å². The molecule has 0 spiro atoms. The number of hydrogen-bond donors (Lipinski definition) is 0. The van der Waals surface area contributed by atoms with Crippen LogP contribution in [0.15, 0.2) is 36.4 Å². The van der Waals surface area contributed by atoms with Crippen LogP contribution in [-0.2, 0) is 17.6 Å². The average molecular weight is 411 g/mol. The van der Waals surface area contributed by atoms with E-state index in [-0.39, 0.29) is 41.1 Å². The number of ketones is 1. The van der Waals surface area contributed by atoms with Crippen LogP contribution in [0.2, 0.25) is 0 Å². The van der Waals surface area contributed by atoms with Gasteiger partial charge in [0.15, 0.2) is 0 Å². The van der Waals surface area contributed by atoms with E-state index in [2.05, 4.69) is 0 Å². The van der Waals surface area contributed by atoms with Gasteiger partial charge in [-0.05, 0) is 56.9 Å². The van der Waals surface area contributed by atoms with E-state index in [0.717, 1.165) is 0 Å². The molecule has 0 saturated heterocycles. The summed E-state index contributed by atoms with van der Waals surface area (Å²) in [6, 6.07) is 8.30. The largest absolute Gasteiger partial charge is 0.305 e. The zero-order chi connectivity index (χ0) is 22.0. The Morgan fingerprint density at radius 2 is 1.77 bits per heavy atom. The Kier molecular flexibility index (Phi) is 5.91. The Labute approximate surface area is 172 Å². The van der Waals surface area contributed by atoms with Crippen molar-refractivity contribution < 1.29 is 19.4 Å². The zero-order valence-electron chi connectivity index (χ0n) is 16.7. The van der Waals surface area contributed by atoms with E-state index in [1.165, 1.54) is 42.2 Å². The van der Waals surface area contributed by atoms with Gasteiger partial charge in [0, 0.05) is 36.2 Å². The number of Topliss-reactive ketones (excluding diaryl/α,β-unsaturated/α-hetero) is 1. The van der Waals surface area contributed by atoms with Crippen molar-refractivity contribution in [1.29, 1.82) is 0 Å². The van der Waals surface area contributed by atoms with Gasteiger partial charge in [0.05, 0.1) is 21.1 Å². The van der Waals surface area contributed by atoms with E-state index in [9.17, 15) is 29.8 Å². The van der Waals surface area contributed by atoms with E-state index in [1.54, 1.807) is 6.07 Å². The fourth-order valence-corrected chi connectivity index (χ4v) is 3.69. The number of anilines is 1. The van der Waals surface area contributed by atoms with Crippen LogP contribution in [0.1, 0.15) is 48.2 Å². The number of carbonyl (C=O) groups excluding carboxylic acids is 2. The van der Waals surface area contributed by atoms with Crippen LogP contribution < -0.4 is 4.90 Å². The van der Waals surface area contributed by atoms with Crippen LogP contribution in [0.3, 0.4) is 0 Å². The first kappa shape index (κ1) is 21.1. The molecule has 0 saturated carbocycles. The van der Waals surface area contributed by atoms with E-state index >= 15 is 0 Å². The fraction of sp³-hybridized carbons (Fsp3) is 0.333. The van der Waals surface area contributed by atoms with Crippen molar-refractivity contribution in [3.63, 3.8) is 0 Å². The third-order valence-corrected chi connectivity index (χ3v) is 5.28. The topological polar surface area (TPSA) is 124 Å². The Morgan fingerprint density at radius 1 is 1.10 bits per heavy atom. The Balaban J connectivity index is 2.06. The molecule has 1 heterocycles. The van der Waals surface area contributed by atoms with Crippen LogP contribution >= 0.6 is 0 Å². The summed E-state index contributed by atoms with van der Waals surface area (Å²) < 4.78 is 0. The molecule has 0 radical (unpaired) electrons. The summed E-state index contributed by atoms with van der Waals surface area (Å²) in [6.45, 7) is 3.32. The minimum absolute atomic E-state index is 0.0254. The van der Waals surface area contributed by atoms with Crippen molar-refractivity contribution in [3.8, 4) is 0 Å². The first-order valence-corrected chi connectivity index (χ1v) is 9.56. The first-order valence-electron chi connectivity index (χ1n) is 9.56. The molecule has 1 amide bonds. The normalized spacial score (nSPS) is 15.4. The van der Waals surface area contributed by atoms with E-state index in [1.807, 2.05) is 6.92 Å². The number of hydrogen-bond acceptors (Lipinski definition) is 6. The maximum atomic E-state index is 13.2. The predicted molar refractivity (Wildman–Crippen MR) is 110 cm³/mol. The first-order chi connectivity index (χ1) is 14.2. The van der Waals surface area contributed by atoms with E-state index < -0.39 is 9.85 Å². The number of fused-ring (bicyclic) bond motifs is 1. The van der Waals surface area contributed by atoms with Gasteiger partial charge in [-0.1, -0.05) is 0 Å². The number of amides is 1. The number of non-ortho nitro benzene ring substituents is 1. The molecule has 0 unspecified atom stereocenters. The number of nitro benzene ring substituents is 2. The molecule has 3 rings (SSSR count). The molecule has 0 aromatic heterocycles. The molecule has 9 heteroatoms. The summed E-state index contributed by atoms with van der Waals surface area (Å²) in [5.74, 6) is -0.404. The zero-order valence-corrected chi connectivity index (χ0v) is 16.7. The third-order valence-electron chi connectivity index (χ3n) is 5.28. The molecule has 0 fully saturated rings. The number of nitrogens with zero attached hydrogens (tertiary/aromatic N) is 3. The molecular weight excluding hydrogens is 390 g/mol. The monoisotopic (exact) mass is 411 g/mol. The summed E-state index contributed by atoms with van der Waals surface area (Å²) >= 11 is 0. The standard InChI is InChI=1S/C21H21N3O6/c1-13-3-10-18-19(11-15(5-4-14(2)25)12-20(18)24(29)30)22(13)21(26)16-6-8-17(9-7-16)23(27)28/h6-9,11-13H,3-5,10H2,1-2H3/t13-/m0/s1. The van der Waals surface area contributed by atoms with Gasteiger partial charge in [0.2, 0.25) is 0 Å². The fourth-order valence-electron chi connectivity index (χ4n) is 3.69. The van der Waals surface area contributed by atoms with Gasteiger partial charge in [-0.3, -0.25) is 25.0 Å². The molecule has 30 heavy (non-hydrogen) atoms. The summed E-state index contributed by atoms with van der Waals surface area (Å²) in [5.41, 5.74) is 1.65. The maximum absolute atomic E-state index is 13.2. The molecule has 1 atom stereocenters. The van der Waals surface area contributed by atoms with Gasteiger partial charge in [-0.25, -0.2) is 0 Å². The molecule has 0 bridgehead atoms. The minimum Gasteiger partial charge on any atom is -0.305 e. The smallest absolute Gasteiger partial charge is 0.274 e. The molecule has 0 N–H and O–H groups in total. The van der Waals surface area contributed by atoms with Gasteiger partial charge >= 0.3 is 0 Å². The van der Waals surface area contributed by atoms with Crippen molar-refractivity contribution in [2.24, 2.45) is 0 Å². The molecule has 156 valence electrons. The highest BCUT2D eigenvalue weighted by Gasteiger charge is 2.34. The lowest BCUT2D eigenvalue weighted by Crippen LogP contribution is -2.42. The summed E-state index contributed by atoms with van der Waals surface area (Å²) in [6.07, 6.45) is 1.61. The number of rotatable bonds is 6. The molecule has 9 nitrogen and oxygen atoms in total. The van der Waals surface area contributed by atoms with Crippen molar-refractivity contribution in [1.82, 2.24) is 0 Å². The lowest BCUT2D eigenvalue weighted by Gasteiger charge is -2.35. The summed E-state index contributed by atoms with van der Waals surface area (Å²) in [4.78, 5) is 47.7. The maximum Gasteiger partial charge on any atom is 0.274 e. The minimum atomic E-state index is -0.544. The Hall–Kier alpha value is -3.62. The lowest BCUT2D eigenvalue weighted by molar-refractivity contribution is -0.385. The average Bonchev–Trinajstić information content (AvgIpc) is 2.71. The quantitative estimate of drug-likeness (QED) is 0.523. The third kappa shape index (κ3) is 4.19. The van der Waals surface area contributed by atoms with Gasteiger partial charge < -0.3 is 9.69 Å². The number of carbonyl (C=O) groups is 2. The van der Waals surface area contributed by atoms with Crippen LogP contribution in [0.4, 0.5) is 17.1 Å². The number of nitro groups is 2. The Bertz CT molecular complexity index is 1030. The van der Waals surface area contributed by atoms with Gasteiger partial charge in [-0.2, -0.15) is 0 Å². The number of aryl methyl sites for hydroxylation is 1. The Morgan fingerprint density at radius 3 is 2.33 bits per heavy atom. The summed E-state index contributed by atoms with van der Waals surface area (Å²) in [5, 5.41) is 22.5. The van der Waals surface area contributed by atoms with Crippen molar-refractivity contribution in [3.05, 3.63) is 73.3 Å². The molecule has 0 aliphatic carbocycles. The SMILES string of the molecule is CC(=O)CCc1cc2c(c([N+](=O)[O-])c1)CC[C@H](C)N2C(=O)c1ccc([N+](=O)[O-])cc1. The molecule has 1 aliphatic rings. The van der Waals surface area contributed by atoms with Crippen LogP contribution in [0, 0.1) is 20.2 Å². The highest BCUT2D eigenvalue weighted by atomic mass is 16.6. The van der Waals surface area contributed by atoms with E-state index in [4.69, 9.17) is 0 Å². The number of benzene rings is 2. The summed E-state index contributed by atoms with van der Waals surface area (Å²) in [7, 11) is 0. The second-order valence-corrected chi connectivity index (χ2v) is 7.44. The molecule has 1 aliphatic heterocycles. The van der Waals surface area contributed by atoms with Crippen molar-refractivity contribution in [2.45, 2.75) is 45.6 Å². The van der Waals surface area contributed by atoms with Gasteiger partial charge in [-0.15, -0.1) is 0 Å². The van der Waals surface area contributed by atoms with Crippen LogP contribution in [0.5, 0.6) is 0 Å². The van der Waals surface area contributed by atoms with Gasteiger partial charge in [0.25, 0.3) is 17.3 Å². The molecule has 2 aromatic carbocycles. The molecular formula is C21H21N3O6. The van der Waals surface area contributed by atoms with Crippen LogP contribution in [-0.4, -0.2) is 27.6 Å². The van der Waals surface area contributed by atoms with Crippen LogP contribution in [0.25, 0.3) is 0 Å². The lowest BCUT2D eigenvalue weighted by atomic mass is 9.91.